The van der Waals surface area contributed by atoms with Gasteiger partial charge in [0.15, 0.2) is 0 Å². The Morgan fingerprint density at radius 1 is 1.40 bits per heavy atom. The van der Waals surface area contributed by atoms with E-state index in [0.717, 1.165) is 0 Å². The van der Waals surface area contributed by atoms with Crippen molar-refractivity contribution in [2.45, 2.75) is 39.0 Å². The van der Waals surface area contributed by atoms with Crippen molar-refractivity contribution in [3.05, 3.63) is 10.4 Å². The Kier molecular flexibility index (Phi) is 3.86. The quantitative estimate of drug-likeness (QED) is 0.234. The number of carbonyl (C=O) groups is 2. The topological polar surface area (TPSA) is 82.9 Å². The van der Waals surface area contributed by atoms with Gasteiger partial charge in [-0.2, -0.15) is 0 Å². The van der Waals surface area contributed by atoms with Crippen molar-refractivity contribution in [2.24, 2.45) is 10.5 Å². The number of rotatable bonds is 4. The molecule has 1 aliphatic rings. The highest BCUT2D eigenvalue weighted by Gasteiger charge is 2.41. The summed E-state index contributed by atoms with van der Waals surface area (Å²) in [4.78, 5) is 26.0. The molecular weight excluding hydrogens is 194 g/mol. The number of hydrogen-bond donors (Lipinski definition) is 0. The van der Waals surface area contributed by atoms with Gasteiger partial charge in [0.25, 0.3) is 0 Å². The monoisotopic (exact) mass is 209 g/mol. The van der Waals surface area contributed by atoms with Gasteiger partial charge in [0.05, 0.1) is 5.41 Å². The maximum absolute atomic E-state index is 11.7. The van der Waals surface area contributed by atoms with E-state index >= 15 is 0 Å². The molecular formula is C10H15N3O2. The molecule has 0 unspecified atom stereocenters. The fourth-order valence-electron chi connectivity index (χ4n) is 1.94. The highest BCUT2D eigenvalue weighted by atomic mass is 16.2. The molecule has 0 spiro atoms. The highest BCUT2D eigenvalue weighted by Crippen LogP contribution is 2.33. The SMILES string of the molecule is CC1(CCCN=[N+]=[N-])C(=O)CCCC1=O. The van der Waals surface area contributed by atoms with Crippen LogP contribution >= 0.6 is 0 Å². The van der Waals surface area contributed by atoms with Crippen LogP contribution in [0.4, 0.5) is 0 Å². The Bertz CT molecular complexity index is 303. The second-order valence-electron chi connectivity index (χ2n) is 4.09. The average Bonchev–Trinajstić information content (AvgIpc) is 2.22. The van der Waals surface area contributed by atoms with E-state index in [1.54, 1.807) is 6.92 Å². The Labute approximate surface area is 88.5 Å². The fourth-order valence-corrected chi connectivity index (χ4v) is 1.94. The van der Waals surface area contributed by atoms with E-state index in [1.807, 2.05) is 0 Å². The summed E-state index contributed by atoms with van der Waals surface area (Å²) in [5.74, 6) is 0.0828. The summed E-state index contributed by atoms with van der Waals surface area (Å²) < 4.78 is 0. The van der Waals surface area contributed by atoms with Crippen molar-refractivity contribution < 1.29 is 9.59 Å². The van der Waals surface area contributed by atoms with Crippen LogP contribution in [0.5, 0.6) is 0 Å². The molecule has 0 radical (unpaired) electrons. The molecule has 1 saturated carbocycles. The lowest BCUT2D eigenvalue weighted by molar-refractivity contribution is -0.143. The summed E-state index contributed by atoms with van der Waals surface area (Å²) in [5.41, 5.74) is 7.28. The van der Waals surface area contributed by atoms with Gasteiger partial charge in [0.2, 0.25) is 0 Å². The second kappa shape index (κ2) is 4.94. The molecule has 0 saturated heterocycles. The summed E-state index contributed by atoms with van der Waals surface area (Å²) in [6, 6.07) is 0. The summed E-state index contributed by atoms with van der Waals surface area (Å²) in [6.07, 6.45) is 2.79. The van der Waals surface area contributed by atoms with Gasteiger partial charge in [-0.3, -0.25) is 9.59 Å². The normalized spacial score (nSPS) is 19.8. The van der Waals surface area contributed by atoms with Crippen LogP contribution in [-0.4, -0.2) is 18.1 Å². The van der Waals surface area contributed by atoms with Crippen LogP contribution in [0.2, 0.25) is 0 Å². The van der Waals surface area contributed by atoms with Crippen molar-refractivity contribution in [1.29, 1.82) is 0 Å². The van der Waals surface area contributed by atoms with Gasteiger partial charge < -0.3 is 0 Å². The molecule has 1 aliphatic carbocycles. The van der Waals surface area contributed by atoms with Crippen molar-refractivity contribution in [1.82, 2.24) is 0 Å². The lowest BCUT2D eigenvalue weighted by Gasteiger charge is -2.30. The predicted molar refractivity (Wildman–Crippen MR) is 55.2 cm³/mol. The first-order valence-corrected chi connectivity index (χ1v) is 5.19. The first-order chi connectivity index (χ1) is 7.11. The van der Waals surface area contributed by atoms with Crippen molar-refractivity contribution >= 4 is 11.6 Å². The van der Waals surface area contributed by atoms with E-state index < -0.39 is 5.41 Å². The number of carbonyl (C=O) groups excluding carboxylic acids is 2. The van der Waals surface area contributed by atoms with E-state index in [4.69, 9.17) is 5.53 Å². The van der Waals surface area contributed by atoms with Crippen molar-refractivity contribution in [3.8, 4) is 0 Å². The molecule has 15 heavy (non-hydrogen) atoms. The summed E-state index contributed by atoms with van der Waals surface area (Å²) in [5, 5.41) is 3.40. The summed E-state index contributed by atoms with van der Waals surface area (Å²) >= 11 is 0. The lowest BCUT2D eigenvalue weighted by Crippen LogP contribution is -2.39. The third-order valence-corrected chi connectivity index (χ3v) is 3.04. The molecule has 0 atom stereocenters. The second-order valence-corrected chi connectivity index (χ2v) is 4.09. The Morgan fingerprint density at radius 2 is 2.00 bits per heavy atom. The summed E-state index contributed by atoms with van der Waals surface area (Å²) in [7, 11) is 0. The van der Waals surface area contributed by atoms with E-state index in [2.05, 4.69) is 10.0 Å². The standard InChI is InChI=1S/C10H15N3O2/c1-10(6-3-7-12-13-11)8(14)4-2-5-9(10)15/h2-7H2,1H3. The molecule has 0 aromatic carbocycles. The maximum atomic E-state index is 11.7. The van der Waals surface area contributed by atoms with Gasteiger partial charge in [-0.1, -0.05) is 5.11 Å². The molecule has 5 heteroatoms. The zero-order chi connectivity index (χ0) is 11.3. The summed E-state index contributed by atoms with van der Waals surface area (Å²) in [6.45, 7) is 2.07. The van der Waals surface area contributed by atoms with E-state index in [-0.39, 0.29) is 11.6 Å². The fraction of sp³-hybridized carbons (Fsp3) is 0.800. The average molecular weight is 209 g/mol. The van der Waals surface area contributed by atoms with Gasteiger partial charge in [0.1, 0.15) is 11.6 Å². The molecule has 0 aromatic heterocycles. The Hall–Kier alpha value is -1.35. The van der Waals surface area contributed by atoms with E-state index in [9.17, 15) is 9.59 Å². The van der Waals surface area contributed by atoms with E-state index in [0.29, 0.717) is 38.6 Å². The lowest BCUT2D eigenvalue weighted by atomic mass is 9.71. The van der Waals surface area contributed by atoms with E-state index in [1.165, 1.54) is 0 Å². The first-order valence-electron chi connectivity index (χ1n) is 5.19. The molecule has 82 valence electrons. The highest BCUT2D eigenvalue weighted by molar-refractivity contribution is 6.08. The van der Waals surface area contributed by atoms with Crippen LogP contribution in [0.1, 0.15) is 39.0 Å². The molecule has 0 N–H and O–H groups in total. The van der Waals surface area contributed by atoms with Crippen LogP contribution in [0.3, 0.4) is 0 Å². The zero-order valence-corrected chi connectivity index (χ0v) is 8.90. The third-order valence-electron chi connectivity index (χ3n) is 3.04. The molecule has 1 fully saturated rings. The first kappa shape index (κ1) is 11.7. The largest absolute Gasteiger partial charge is 0.299 e. The minimum atomic E-state index is -0.816. The van der Waals surface area contributed by atoms with Crippen LogP contribution < -0.4 is 0 Å². The van der Waals surface area contributed by atoms with Crippen LogP contribution in [-0.2, 0) is 9.59 Å². The minimum absolute atomic E-state index is 0.0414. The number of hydrogen-bond acceptors (Lipinski definition) is 3. The van der Waals surface area contributed by atoms with Crippen LogP contribution in [0.15, 0.2) is 5.11 Å². The van der Waals surface area contributed by atoms with Gasteiger partial charge in [-0.25, -0.2) is 0 Å². The van der Waals surface area contributed by atoms with Gasteiger partial charge in [-0.05, 0) is 31.7 Å². The van der Waals surface area contributed by atoms with Crippen molar-refractivity contribution in [2.75, 3.05) is 6.54 Å². The molecule has 0 aliphatic heterocycles. The van der Waals surface area contributed by atoms with Gasteiger partial charge >= 0.3 is 0 Å². The molecule has 0 amide bonds. The van der Waals surface area contributed by atoms with Crippen LogP contribution in [0.25, 0.3) is 10.4 Å². The smallest absolute Gasteiger partial charge is 0.146 e. The predicted octanol–water partition coefficient (Wildman–Crippen LogP) is 2.41. The number of Topliss-reactive ketones (excluding diaryl/α,β-unsaturated/α-hetero) is 2. The zero-order valence-electron chi connectivity index (χ0n) is 8.90. The molecule has 0 bridgehead atoms. The maximum Gasteiger partial charge on any atom is 0.146 e. The molecule has 0 aromatic rings. The number of nitrogens with zero attached hydrogens (tertiary/aromatic N) is 3. The molecule has 1 rings (SSSR count). The minimum Gasteiger partial charge on any atom is -0.299 e. The van der Waals surface area contributed by atoms with Crippen molar-refractivity contribution in [3.63, 3.8) is 0 Å². The number of ketones is 2. The molecule has 0 heterocycles. The van der Waals surface area contributed by atoms with Gasteiger partial charge in [-0.15, -0.1) is 0 Å². The van der Waals surface area contributed by atoms with Gasteiger partial charge in [0, 0.05) is 24.3 Å². The van der Waals surface area contributed by atoms with Crippen LogP contribution in [0, 0.1) is 5.41 Å². The number of azide groups is 1. The molecule has 5 nitrogen and oxygen atoms in total. The third kappa shape index (κ3) is 2.57. The Balaban J connectivity index is 2.57. The Morgan fingerprint density at radius 3 is 2.53 bits per heavy atom.